The van der Waals surface area contributed by atoms with Crippen molar-refractivity contribution in [2.24, 2.45) is 0 Å². The second-order valence-electron chi connectivity index (χ2n) is 7.23. The first kappa shape index (κ1) is 21.2. The van der Waals surface area contributed by atoms with Gasteiger partial charge >= 0.3 is 0 Å². The molecule has 4 rings (SSSR count). The minimum absolute atomic E-state index is 0.0758. The maximum absolute atomic E-state index is 13.4. The predicted molar refractivity (Wildman–Crippen MR) is 122 cm³/mol. The standard InChI is InChI=1S/C24H21ClN2O3S/c1-16-12-14-19(15-13-16)31(28,29)24-23(26-17(2)18-8-4-3-5-9-18)30-22(27-24)20-10-6-7-11-21(20)25/h3-15,17,26H,1-2H3. The highest BCUT2D eigenvalue weighted by atomic mass is 35.5. The van der Waals surface area contributed by atoms with Crippen molar-refractivity contribution in [2.75, 3.05) is 5.32 Å². The van der Waals surface area contributed by atoms with Crippen LogP contribution in [-0.4, -0.2) is 13.4 Å². The van der Waals surface area contributed by atoms with Crippen LogP contribution in [0.4, 0.5) is 5.88 Å². The second-order valence-corrected chi connectivity index (χ2v) is 9.50. The van der Waals surface area contributed by atoms with Crippen LogP contribution in [-0.2, 0) is 9.84 Å². The van der Waals surface area contributed by atoms with Crippen molar-refractivity contribution < 1.29 is 12.8 Å². The van der Waals surface area contributed by atoms with Gasteiger partial charge in [0.15, 0.2) is 0 Å². The summed E-state index contributed by atoms with van der Waals surface area (Å²) >= 11 is 6.30. The largest absolute Gasteiger partial charge is 0.419 e. The molecule has 0 spiro atoms. The van der Waals surface area contributed by atoms with Crippen LogP contribution >= 0.6 is 11.6 Å². The van der Waals surface area contributed by atoms with Crippen molar-refractivity contribution in [3.05, 3.63) is 95.0 Å². The Hall–Kier alpha value is -3.09. The fourth-order valence-electron chi connectivity index (χ4n) is 3.18. The van der Waals surface area contributed by atoms with Crippen LogP contribution in [0.1, 0.15) is 24.1 Å². The topological polar surface area (TPSA) is 72.2 Å². The summed E-state index contributed by atoms with van der Waals surface area (Å²) in [6.45, 7) is 3.83. The number of oxazole rings is 1. The van der Waals surface area contributed by atoms with Gasteiger partial charge in [-0.3, -0.25) is 0 Å². The van der Waals surface area contributed by atoms with E-state index >= 15 is 0 Å². The molecular formula is C24H21ClN2O3S. The molecule has 1 heterocycles. The summed E-state index contributed by atoms with van der Waals surface area (Å²) in [6.07, 6.45) is 0. The van der Waals surface area contributed by atoms with Crippen LogP contribution in [0, 0.1) is 6.92 Å². The number of sulfone groups is 1. The Labute approximate surface area is 186 Å². The molecule has 1 aromatic heterocycles. The molecule has 3 aromatic carbocycles. The summed E-state index contributed by atoms with van der Waals surface area (Å²) in [5, 5.41) is 3.42. The number of hydrogen-bond acceptors (Lipinski definition) is 5. The van der Waals surface area contributed by atoms with Crippen LogP contribution in [0.25, 0.3) is 11.5 Å². The lowest BCUT2D eigenvalue weighted by molar-refractivity contribution is 0.570. The molecule has 4 aromatic rings. The zero-order chi connectivity index (χ0) is 22.0. The molecule has 0 saturated heterocycles. The Bertz CT molecular complexity index is 1300. The van der Waals surface area contributed by atoms with Gasteiger partial charge in [-0.2, -0.15) is 4.98 Å². The molecule has 1 unspecified atom stereocenters. The van der Waals surface area contributed by atoms with E-state index in [1.54, 1.807) is 48.5 Å². The normalized spacial score (nSPS) is 12.5. The first-order valence-corrected chi connectivity index (χ1v) is 11.6. The minimum atomic E-state index is -3.92. The molecule has 0 radical (unpaired) electrons. The van der Waals surface area contributed by atoms with E-state index in [1.165, 1.54) is 0 Å². The lowest BCUT2D eigenvalue weighted by atomic mass is 10.1. The van der Waals surface area contributed by atoms with Crippen molar-refractivity contribution in [3.63, 3.8) is 0 Å². The Kier molecular flexibility index (Phi) is 5.85. The van der Waals surface area contributed by atoms with Crippen molar-refractivity contribution in [1.82, 2.24) is 4.98 Å². The molecule has 1 N–H and O–H groups in total. The molecule has 1 atom stereocenters. The van der Waals surface area contributed by atoms with Gasteiger partial charge in [-0.1, -0.05) is 71.8 Å². The zero-order valence-corrected chi connectivity index (χ0v) is 18.6. The number of nitrogens with one attached hydrogen (secondary N) is 1. The molecule has 0 fully saturated rings. The van der Waals surface area contributed by atoms with Crippen LogP contribution in [0.2, 0.25) is 5.02 Å². The quantitative estimate of drug-likeness (QED) is 0.371. The van der Waals surface area contributed by atoms with Gasteiger partial charge in [-0.25, -0.2) is 8.42 Å². The molecule has 31 heavy (non-hydrogen) atoms. The fraction of sp³-hybridized carbons (Fsp3) is 0.125. The first-order chi connectivity index (χ1) is 14.9. The first-order valence-electron chi connectivity index (χ1n) is 9.75. The van der Waals surface area contributed by atoms with Gasteiger partial charge in [0.2, 0.25) is 26.6 Å². The van der Waals surface area contributed by atoms with Crippen LogP contribution < -0.4 is 5.32 Å². The lowest BCUT2D eigenvalue weighted by Crippen LogP contribution is -2.10. The second kappa shape index (κ2) is 8.57. The third-order valence-corrected chi connectivity index (χ3v) is 6.94. The summed E-state index contributed by atoms with van der Waals surface area (Å²) in [6, 6.07) is 23.1. The average Bonchev–Trinajstić information content (AvgIpc) is 3.19. The van der Waals surface area contributed by atoms with E-state index in [2.05, 4.69) is 10.3 Å². The summed E-state index contributed by atoms with van der Waals surface area (Å²) in [5.74, 6) is 0.214. The number of halogens is 1. The van der Waals surface area contributed by atoms with Gasteiger partial charge in [-0.05, 0) is 43.7 Å². The van der Waals surface area contributed by atoms with E-state index in [9.17, 15) is 8.42 Å². The minimum Gasteiger partial charge on any atom is -0.419 e. The molecule has 7 heteroatoms. The van der Waals surface area contributed by atoms with Crippen molar-refractivity contribution in [2.45, 2.75) is 29.8 Å². The molecule has 0 amide bonds. The Morgan fingerprint density at radius 3 is 2.26 bits per heavy atom. The monoisotopic (exact) mass is 452 g/mol. The number of rotatable bonds is 6. The Morgan fingerprint density at radius 1 is 0.935 bits per heavy atom. The van der Waals surface area contributed by atoms with Crippen LogP contribution in [0.5, 0.6) is 0 Å². The van der Waals surface area contributed by atoms with Gasteiger partial charge in [0.05, 0.1) is 21.5 Å². The van der Waals surface area contributed by atoms with E-state index in [1.807, 2.05) is 44.2 Å². The molecule has 5 nitrogen and oxygen atoms in total. The summed E-state index contributed by atoms with van der Waals surface area (Å²) in [5.41, 5.74) is 2.47. The number of hydrogen-bond donors (Lipinski definition) is 1. The lowest BCUT2D eigenvalue weighted by Gasteiger charge is -2.14. The maximum Gasteiger partial charge on any atom is 0.234 e. The van der Waals surface area contributed by atoms with Gasteiger partial charge in [0, 0.05) is 0 Å². The number of aromatic nitrogens is 1. The molecule has 0 saturated carbocycles. The number of anilines is 1. The van der Waals surface area contributed by atoms with E-state index < -0.39 is 9.84 Å². The van der Waals surface area contributed by atoms with E-state index in [-0.39, 0.29) is 27.7 Å². The van der Waals surface area contributed by atoms with Crippen molar-refractivity contribution in [3.8, 4) is 11.5 Å². The fourth-order valence-corrected chi connectivity index (χ4v) is 4.66. The van der Waals surface area contributed by atoms with Gasteiger partial charge < -0.3 is 9.73 Å². The summed E-state index contributed by atoms with van der Waals surface area (Å²) in [4.78, 5) is 4.50. The van der Waals surface area contributed by atoms with Gasteiger partial charge in [-0.15, -0.1) is 0 Å². The smallest absolute Gasteiger partial charge is 0.234 e. The molecule has 158 valence electrons. The molecule has 0 aliphatic heterocycles. The Balaban J connectivity index is 1.82. The van der Waals surface area contributed by atoms with Crippen LogP contribution in [0.3, 0.4) is 0 Å². The maximum atomic E-state index is 13.4. The highest BCUT2D eigenvalue weighted by molar-refractivity contribution is 7.91. The van der Waals surface area contributed by atoms with E-state index in [0.29, 0.717) is 10.6 Å². The van der Waals surface area contributed by atoms with Crippen LogP contribution in [0.15, 0.2) is 93.2 Å². The average molecular weight is 453 g/mol. The highest BCUT2D eigenvalue weighted by Crippen LogP contribution is 2.36. The predicted octanol–water partition coefficient (Wildman–Crippen LogP) is 6.31. The SMILES string of the molecule is Cc1ccc(S(=O)(=O)c2nc(-c3ccccc3Cl)oc2NC(C)c2ccccc2)cc1. The number of aryl methyl sites for hydroxylation is 1. The third-order valence-electron chi connectivity index (χ3n) is 4.93. The molecule has 0 aliphatic rings. The summed E-state index contributed by atoms with van der Waals surface area (Å²) in [7, 11) is -3.92. The van der Waals surface area contributed by atoms with E-state index in [4.69, 9.17) is 16.0 Å². The summed E-state index contributed by atoms with van der Waals surface area (Å²) < 4.78 is 32.8. The molecule has 0 bridgehead atoms. The van der Waals surface area contributed by atoms with Gasteiger partial charge in [0.25, 0.3) is 0 Å². The third kappa shape index (κ3) is 4.36. The van der Waals surface area contributed by atoms with Crippen molar-refractivity contribution in [1.29, 1.82) is 0 Å². The highest BCUT2D eigenvalue weighted by Gasteiger charge is 2.29. The van der Waals surface area contributed by atoms with Crippen molar-refractivity contribution >= 4 is 27.3 Å². The zero-order valence-electron chi connectivity index (χ0n) is 17.0. The molecule has 0 aliphatic carbocycles. The Morgan fingerprint density at radius 2 is 1.58 bits per heavy atom. The van der Waals surface area contributed by atoms with Gasteiger partial charge in [0.1, 0.15) is 0 Å². The number of benzene rings is 3. The number of nitrogens with zero attached hydrogens (tertiary/aromatic N) is 1. The molecular weight excluding hydrogens is 432 g/mol. The van der Waals surface area contributed by atoms with E-state index in [0.717, 1.165) is 11.1 Å².